The summed E-state index contributed by atoms with van der Waals surface area (Å²) in [5, 5.41) is 9.72. The van der Waals surface area contributed by atoms with Gasteiger partial charge in [0.2, 0.25) is 0 Å². The van der Waals surface area contributed by atoms with Crippen LogP contribution in [0.15, 0.2) is 89.9 Å². The largest absolute Gasteiger partial charge is 0.480 e. The number of hydrogen-bond acceptors (Lipinski definition) is 2. The molecule has 3 rings (SSSR count). The van der Waals surface area contributed by atoms with Crippen LogP contribution in [0.4, 0.5) is 0 Å². The van der Waals surface area contributed by atoms with E-state index >= 15 is 0 Å². The van der Waals surface area contributed by atoms with Crippen LogP contribution < -0.4 is 0 Å². The molecule has 3 nitrogen and oxygen atoms in total. The van der Waals surface area contributed by atoms with E-state index < -0.39 is 12.0 Å². The van der Waals surface area contributed by atoms with Crippen LogP contribution in [-0.4, -0.2) is 22.8 Å². The van der Waals surface area contributed by atoms with Crippen molar-refractivity contribution >= 4 is 11.7 Å². The fourth-order valence-electron chi connectivity index (χ4n) is 2.80. The maximum atomic E-state index is 11.9. The Morgan fingerprint density at radius 2 is 1.35 bits per heavy atom. The lowest BCUT2D eigenvalue weighted by molar-refractivity contribution is -0.138. The van der Waals surface area contributed by atoms with Crippen LogP contribution in [0.5, 0.6) is 0 Å². The highest BCUT2D eigenvalue weighted by Crippen LogP contribution is 2.15. The zero-order chi connectivity index (χ0) is 18.4. The van der Waals surface area contributed by atoms with Gasteiger partial charge in [0.15, 0.2) is 6.04 Å². The zero-order valence-electron chi connectivity index (χ0n) is 14.7. The average molecular weight is 343 g/mol. The number of nitrogens with zero attached hydrogens (tertiary/aromatic N) is 1. The number of aliphatic carboxylic acids is 1. The van der Waals surface area contributed by atoms with Gasteiger partial charge in [0.1, 0.15) is 0 Å². The molecule has 0 fully saturated rings. The van der Waals surface area contributed by atoms with Crippen molar-refractivity contribution in [1.29, 1.82) is 0 Å². The first-order valence-corrected chi connectivity index (χ1v) is 8.60. The van der Waals surface area contributed by atoms with Crippen molar-refractivity contribution in [2.24, 2.45) is 4.99 Å². The van der Waals surface area contributed by atoms with Crippen molar-refractivity contribution in [3.8, 4) is 0 Å². The van der Waals surface area contributed by atoms with Gasteiger partial charge in [-0.25, -0.2) is 4.79 Å². The Kier molecular flexibility index (Phi) is 5.59. The van der Waals surface area contributed by atoms with Crippen LogP contribution in [0.2, 0.25) is 0 Å². The van der Waals surface area contributed by atoms with Crippen LogP contribution >= 0.6 is 0 Å². The molecule has 3 aromatic carbocycles. The van der Waals surface area contributed by atoms with Gasteiger partial charge >= 0.3 is 5.97 Å². The van der Waals surface area contributed by atoms with Crippen LogP contribution in [-0.2, 0) is 11.2 Å². The molecular formula is C23H21NO2. The molecule has 0 aliphatic rings. The van der Waals surface area contributed by atoms with Gasteiger partial charge in [-0.15, -0.1) is 0 Å². The summed E-state index contributed by atoms with van der Waals surface area (Å²) in [6.07, 6.45) is 0.360. The molecule has 0 spiro atoms. The molecule has 3 heteroatoms. The lowest BCUT2D eigenvalue weighted by Crippen LogP contribution is -2.23. The SMILES string of the molecule is Cc1ccc(C[C@@H](N=C(c2ccccc2)c2ccccc2)C(=O)O)cc1. The molecule has 0 saturated carbocycles. The number of carboxylic acid groups (broad SMARTS) is 1. The number of carbonyl (C=O) groups is 1. The monoisotopic (exact) mass is 343 g/mol. The zero-order valence-corrected chi connectivity index (χ0v) is 14.7. The Hall–Kier alpha value is -3.20. The molecule has 0 amide bonds. The molecule has 0 radical (unpaired) electrons. The minimum Gasteiger partial charge on any atom is -0.480 e. The highest BCUT2D eigenvalue weighted by Gasteiger charge is 2.19. The van der Waals surface area contributed by atoms with Crippen molar-refractivity contribution in [2.45, 2.75) is 19.4 Å². The van der Waals surface area contributed by atoms with Crippen LogP contribution in [0.25, 0.3) is 0 Å². The van der Waals surface area contributed by atoms with Crippen molar-refractivity contribution < 1.29 is 9.90 Å². The third-order valence-corrected chi connectivity index (χ3v) is 4.21. The first-order valence-electron chi connectivity index (χ1n) is 8.60. The van der Waals surface area contributed by atoms with E-state index in [1.54, 1.807) is 0 Å². The summed E-state index contributed by atoms with van der Waals surface area (Å²) in [4.78, 5) is 16.5. The molecule has 1 N–H and O–H groups in total. The molecule has 1 atom stereocenters. The van der Waals surface area contributed by atoms with Gasteiger partial charge < -0.3 is 5.11 Å². The minimum absolute atomic E-state index is 0.360. The summed E-state index contributed by atoms with van der Waals surface area (Å²) in [5.41, 5.74) is 4.64. The van der Waals surface area contributed by atoms with Gasteiger partial charge in [0.25, 0.3) is 0 Å². The van der Waals surface area contributed by atoms with Crippen LogP contribution in [0.3, 0.4) is 0 Å². The predicted molar refractivity (Wildman–Crippen MR) is 105 cm³/mol. The van der Waals surface area contributed by atoms with Gasteiger partial charge in [-0.05, 0) is 12.5 Å². The van der Waals surface area contributed by atoms with Crippen LogP contribution in [0, 0.1) is 6.92 Å². The Labute approximate surface area is 153 Å². The molecule has 3 aromatic rings. The molecule has 0 bridgehead atoms. The molecular weight excluding hydrogens is 322 g/mol. The molecule has 0 unspecified atom stereocenters. The second-order valence-corrected chi connectivity index (χ2v) is 6.25. The van der Waals surface area contributed by atoms with E-state index in [1.807, 2.05) is 91.9 Å². The third-order valence-electron chi connectivity index (χ3n) is 4.21. The number of benzene rings is 3. The van der Waals surface area contributed by atoms with Crippen molar-refractivity contribution in [1.82, 2.24) is 0 Å². The van der Waals surface area contributed by atoms with Gasteiger partial charge in [-0.2, -0.15) is 0 Å². The van der Waals surface area contributed by atoms with Gasteiger partial charge in [-0.3, -0.25) is 4.99 Å². The topological polar surface area (TPSA) is 49.7 Å². The Balaban J connectivity index is 2.00. The number of hydrogen-bond donors (Lipinski definition) is 1. The van der Waals surface area contributed by atoms with E-state index in [9.17, 15) is 9.90 Å². The predicted octanol–water partition coefficient (Wildman–Crippen LogP) is 4.53. The van der Waals surface area contributed by atoms with E-state index in [4.69, 9.17) is 0 Å². The normalized spacial score (nSPS) is 11.6. The molecule has 0 aromatic heterocycles. The standard InChI is InChI=1S/C23H21NO2/c1-17-12-14-18(15-13-17)16-21(23(25)26)24-22(19-8-4-2-5-9-19)20-10-6-3-7-11-20/h2-15,21H,16H2,1H3,(H,25,26)/t21-/m1/s1. The molecule has 0 saturated heterocycles. The number of carboxylic acids is 1. The second-order valence-electron chi connectivity index (χ2n) is 6.25. The maximum absolute atomic E-state index is 11.9. The number of aliphatic imine (C=N–C) groups is 1. The second kappa shape index (κ2) is 8.26. The fourth-order valence-corrected chi connectivity index (χ4v) is 2.80. The summed E-state index contributed by atoms with van der Waals surface area (Å²) < 4.78 is 0. The van der Waals surface area contributed by atoms with Gasteiger partial charge in [-0.1, -0.05) is 90.5 Å². The van der Waals surface area contributed by atoms with E-state index in [-0.39, 0.29) is 0 Å². The van der Waals surface area contributed by atoms with Crippen molar-refractivity contribution in [3.05, 3.63) is 107 Å². The summed E-state index contributed by atoms with van der Waals surface area (Å²) in [6, 6.07) is 26.5. The molecule has 0 heterocycles. The number of aryl methyl sites for hydroxylation is 1. The lowest BCUT2D eigenvalue weighted by atomic mass is 10.0. The van der Waals surface area contributed by atoms with Crippen molar-refractivity contribution in [2.75, 3.05) is 0 Å². The van der Waals surface area contributed by atoms with Crippen LogP contribution in [0.1, 0.15) is 22.3 Å². The molecule has 0 aliphatic heterocycles. The fraction of sp³-hybridized carbons (Fsp3) is 0.130. The van der Waals surface area contributed by atoms with E-state index in [0.717, 1.165) is 22.3 Å². The molecule has 0 aliphatic carbocycles. The average Bonchev–Trinajstić information content (AvgIpc) is 2.68. The number of rotatable bonds is 6. The minimum atomic E-state index is -0.921. The summed E-state index contributed by atoms with van der Waals surface area (Å²) in [7, 11) is 0. The molecule has 26 heavy (non-hydrogen) atoms. The first kappa shape index (κ1) is 17.6. The summed E-state index contributed by atoms with van der Waals surface area (Å²) in [6.45, 7) is 2.01. The van der Waals surface area contributed by atoms with E-state index in [0.29, 0.717) is 12.1 Å². The third kappa shape index (κ3) is 4.45. The van der Waals surface area contributed by atoms with Gasteiger partial charge in [0, 0.05) is 17.5 Å². The Morgan fingerprint density at radius 3 is 1.81 bits per heavy atom. The van der Waals surface area contributed by atoms with Gasteiger partial charge in [0.05, 0.1) is 5.71 Å². The quantitative estimate of drug-likeness (QED) is 0.669. The summed E-state index contributed by atoms with van der Waals surface area (Å²) >= 11 is 0. The Morgan fingerprint density at radius 1 is 0.846 bits per heavy atom. The first-order chi connectivity index (χ1) is 12.6. The lowest BCUT2D eigenvalue weighted by Gasteiger charge is -2.13. The maximum Gasteiger partial charge on any atom is 0.328 e. The smallest absolute Gasteiger partial charge is 0.328 e. The van der Waals surface area contributed by atoms with E-state index in [1.165, 1.54) is 0 Å². The summed E-state index contributed by atoms with van der Waals surface area (Å²) in [5.74, 6) is -0.921. The highest BCUT2D eigenvalue weighted by molar-refractivity contribution is 6.13. The molecule has 130 valence electrons. The van der Waals surface area contributed by atoms with E-state index in [2.05, 4.69) is 4.99 Å². The highest BCUT2D eigenvalue weighted by atomic mass is 16.4. The Bertz CT molecular complexity index is 843. The van der Waals surface area contributed by atoms with Crippen molar-refractivity contribution in [3.63, 3.8) is 0 Å².